The van der Waals surface area contributed by atoms with Gasteiger partial charge in [-0.1, -0.05) is 18.2 Å². The van der Waals surface area contributed by atoms with Crippen molar-refractivity contribution < 1.29 is 13.9 Å². The molecule has 0 saturated carbocycles. The second-order valence-corrected chi connectivity index (χ2v) is 6.88. The van der Waals surface area contributed by atoms with Gasteiger partial charge in [-0.2, -0.15) is 0 Å². The van der Waals surface area contributed by atoms with E-state index < -0.39 is 0 Å². The van der Waals surface area contributed by atoms with Gasteiger partial charge in [0.2, 0.25) is 0 Å². The van der Waals surface area contributed by atoms with Gasteiger partial charge in [0.15, 0.2) is 5.96 Å². The summed E-state index contributed by atoms with van der Waals surface area (Å²) in [6.07, 6.45) is 4.23. The van der Waals surface area contributed by atoms with Gasteiger partial charge in [0.05, 0.1) is 6.10 Å². The number of nitrogens with one attached hydrogen (secondary N) is 1. The summed E-state index contributed by atoms with van der Waals surface area (Å²) in [4.78, 5) is 6.75. The van der Waals surface area contributed by atoms with E-state index in [1.807, 2.05) is 25.2 Å². The molecule has 3 rings (SSSR count). The first-order valence-electron chi connectivity index (χ1n) is 9.83. The molecule has 0 radical (unpaired) electrons. The molecular weight excluding hydrogens is 342 g/mol. The standard InChI is InChI=1S/C21H31N3O3/c1-22-21(24-12-9-18(10-13-24)26-15-5-14-25-2)23-11-8-19-16-17-6-3-4-7-20(17)27-19/h3-4,6-7,16,18H,5,8-15H2,1-2H3,(H,22,23). The lowest BCUT2D eigenvalue weighted by molar-refractivity contribution is 0.00991. The van der Waals surface area contributed by atoms with Gasteiger partial charge in [-0.3, -0.25) is 4.99 Å². The number of rotatable bonds is 8. The molecule has 1 N–H and O–H groups in total. The highest BCUT2D eigenvalue weighted by molar-refractivity contribution is 5.80. The van der Waals surface area contributed by atoms with E-state index in [2.05, 4.69) is 27.3 Å². The fourth-order valence-electron chi connectivity index (χ4n) is 3.48. The summed E-state index contributed by atoms with van der Waals surface area (Å²) >= 11 is 0. The van der Waals surface area contributed by atoms with Crippen molar-refractivity contribution >= 4 is 16.9 Å². The molecule has 6 nitrogen and oxygen atoms in total. The molecule has 1 aliphatic rings. The SMILES string of the molecule is CN=C(NCCc1cc2ccccc2o1)N1CCC(OCCCOC)CC1. The molecule has 0 spiro atoms. The number of likely N-dealkylation sites (tertiary alicyclic amines) is 1. The minimum absolute atomic E-state index is 0.353. The number of piperidine rings is 1. The number of aliphatic imine (C=N–C) groups is 1. The Kier molecular flexibility index (Phi) is 7.54. The van der Waals surface area contributed by atoms with Gasteiger partial charge in [-0.05, 0) is 31.4 Å². The number of methoxy groups -OCH3 is 1. The van der Waals surface area contributed by atoms with Crippen LogP contribution in [0.2, 0.25) is 0 Å². The first-order valence-corrected chi connectivity index (χ1v) is 9.83. The third-order valence-electron chi connectivity index (χ3n) is 4.93. The quantitative estimate of drug-likeness (QED) is 0.438. The molecule has 1 saturated heterocycles. The summed E-state index contributed by atoms with van der Waals surface area (Å²) in [5, 5.41) is 4.62. The molecular formula is C21H31N3O3. The fraction of sp³-hybridized carbons (Fsp3) is 0.571. The normalized spacial score (nSPS) is 16.2. The Morgan fingerprint density at radius 3 is 2.81 bits per heavy atom. The van der Waals surface area contributed by atoms with Crippen molar-refractivity contribution in [2.45, 2.75) is 31.8 Å². The van der Waals surface area contributed by atoms with Crippen molar-refractivity contribution in [3.63, 3.8) is 0 Å². The number of hydrogen-bond acceptors (Lipinski definition) is 4. The van der Waals surface area contributed by atoms with E-state index in [0.717, 1.165) is 81.2 Å². The first-order chi connectivity index (χ1) is 13.3. The number of fused-ring (bicyclic) bond motifs is 1. The van der Waals surface area contributed by atoms with Gasteiger partial charge in [0.25, 0.3) is 0 Å². The molecule has 1 aromatic carbocycles. The molecule has 1 aromatic heterocycles. The summed E-state index contributed by atoms with van der Waals surface area (Å²) in [7, 11) is 3.57. The zero-order valence-electron chi connectivity index (χ0n) is 16.4. The highest BCUT2D eigenvalue weighted by Crippen LogP contribution is 2.19. The van der Waals surface area contributed by atoms with Crippen LogP contribution < -0.4 is 5.32 Å². The highest BCUT2D eigenvalue weighted by atomic mass is 16.5. The lowest BCUT2D eigenvalue weighted by Gasteiger charge is -2.34. The Balaban J connectivity index is 1.39. The number of ether oxygens (including phenoxy) is 2. The molecule has 1 fully saturated rings. The van der Waals surface area contributed by atoms with Crippen LogP contribution in [0.25, 0.3) is 11.0 Å². The van der Waals surface area contributed by atoms with Crippen LogP contribution in [0.5, 0.6) is 0 Å². The third kappa shape index (κ3) is 5.71. The minimum atomic E-state index is 0.353. The summed E-state index contributed by atoms with van der Waals surface area (Å²) in [5.41, 5.74) is 0.949. The van der Waals surface area contributed by atoms with Crippen LogP contribution in [-0.2, 0) is 15.9 Å². The molecule has 2 aromatic rings. The molecule has 0 amide bonds. The number of para-hydroxylation sites is 1. The monoisotopic (exact) mass is 373 g/mol. The predicted octanol–water partition coefficient (Wildman–Crippen LogP) is 3.07. The van der Waals surface area contributed by atoms with Gasteiger partial charge < -0.3 is 24.1 Å². The van der Waals surface area contributed by atoms with E-state index >= 15 is 0 Å². The van der Waals surface area contributed by atoms with E-state index in [-0.39, 0.29) is 0 Å². The molecule has 0 bridgehead atoms. The number of benzene rings is 1. The number of nitrogens with zero attached hydrogens (tertiary/aromatic N) is 2. The molecule has 27 heavy (non-hydrogen) atoms. The van der Waals surface area contributed by atoms with Crippen LogP contribution in [0.15, 0.2) is 39.7 Å². The minimum Gasteiger partial charge on any atom is -0.461 e. The maximum Gasteiger partial charge on any atom is 0.193 e. The average Bonchev–Trinajstić information content (AvgIpc) is 3.12. The van der Waals surface area contributed by atoms with Crippen molar-refractivity contribution in [3.8, 4) is 0 Å². The predicted molar refractivity (Wildman–Crippen MR) is 108 cm³/mol. The van der Waals surface area contributed by atoms with Gasteiger partial charge in [-0.15, -0.1) is 0 Å². The molecule has 6 heteroatoms. The Hall–Kier alpha value is -2.05. The Morgan fingerprint density at radius 1 is 1.26 bits per heavy atom. The van der Waals surface area contributed by atoms with E-state index in [9.17, 15) is 0 Å². The van der Waals surface area contributed by atoms with Crippen LogP contribution >= 0.6 is 0 Å². The summed E-state index contributed by atoms with van der Waals surface area (Å²) in [6.45, 7) is 4.29. The number of guanidine groups is 1. The van der Waals surface area contributed by atoms with Crippen LogP contribution in [0.4, 0.5) is 0 Å². The lowest BCUT2D eigenvalue weighted by atomic mass is 10.1. The molecule has 0 atom stereocenters. The zero-order chi connectivity index (χ0) is 18.9. The van der Waals surface area contributed by atoms with E-state index in [4.69, 9.17) is 13.9 Å². The third-order valence-corrected chi connectivity index (χ3v) is 4.93. The maximum atomic E-state index is 5.94. The summed E-state index contributed by atoms with van der Waals surface area (Å²) in [5.74, 6) is 1.96. The highest BCUT2D eigenvalue weighted by Gasteiger charge is 2.21. The van der Waals surface area contributed by atoms with Crippen LogP contribution in [0, 0.1) is 0 Å². The molecule has 148 valence electrons. The molecule has 2 heterocycles. The van der Waals surface area contributed by atoms with E-state index in [1.165, 1.54) is 0 Å². The van der Waals surface area contributed by atoms with Crippen molar-refractivity contribution in [2.75, 3.05) is 47.0 Å². The Morgan fingerprint density at radius 2 is 2.07 bits per heavy atom. The van der Waals surface area contributed by atoms with Crippen LogP contribution in [0.1, 0.15) is 25.0 Å². The van der Waals surface area contributed by atoms with Gasteiger partial charge >= 0.3 is 0 Å². The maximum absolute atomic E-state index is 5.94. The first kappa shape index (κ1) is 19.7. The van der Waals surface area contributed by atoms with Gasteiger partial charge in [0.1, 0.15) is 11.3 Å². The molecule has 1 aliphatic heterocycles. The fourth-order valence-corrected chi connectivity index (χ4v) is 3.48. The summed E-state index contributed by atoms with van der Waals surface area (Å²) in [6, 6.07) is 10.2. The number of hydrogen-bond donors (Lipinski definition) is 1. The van der Waals surface area contributed by atoms with Crippen molar-refractivity contribution in [1.29, 1.82) is 0 Å². The second-order valence-electron chi connectivity index (χ2n) is 6.88. The summed E-state index contributed by atoms with van der Waals surface area (Å²) < 4.78 is 16.9. The molecule has 0 aliphatic carbocycles. The van der Waals surface area contributed by atoms with Crippen molar-refractivity contribution in [1.82, 2.24) is 10.2 Å². The van der Waals surface area contributed by atoms with Gasteiger partial charge in [-0.25, -0.2) is 0 Å². The Bertz CT molecular complexity index is 687. The topological polar surface area (TPSA) is 59.2 Å². The lowest BCUT2D eigenvalue weighted by Crippen LogP contribution is -2.47. The smallest absolute Gasteiger partial charge is 0.193 e. The van der Waals surface area contributed by atoms with E-state index in [1.54, 1.807) is 7.11 Å². The van der Waals surface area contributed by atoms with Crippen LogP contribution in [-0.4, -0.2) is 64.0 Å². The van der Waals surface area contributed by atoms with Crippen molar-refractivity contribution in [3.05, 3.63) is 36.1 Å². The average molecular weight is 373 g/mol. The van der Waals surface area contributed by atoms with Gasteiger partial charge in [0, 0.05) is 58.8 Å². The number of furan rings is 1. The van der Waals surface area contributed by atoms with Crippen molar-refractivity contribution in [2.24, 2.45) is 4.99 Å². The molecule has 0 unspecified atom stereocenters. The zero-order valence-corrected chi connectivity index (χ0v) is 16.4. The van der Waals surface area contributed by atoms with Crippen LogP contribution in [0.3, 0.4) is 0 Å². The Labute approximate surface area is 161 Å². The largest absolute Gasteiger partial charge is 0.461 e. The second kappa shape index (κ2) is 10.3. The van der Waals surface area contributed by atoms with E-state index in [0.29, 0.717) is 6.10 Å².